The number of amides is 4. The van der Waals surface area contributed by atoms with E-state index in [9.17, 15) is 19.2 Å². The number of hydrogen-bond donors (Lipinski definition) is 6. The highest BCUT2D eigenvalue weighted by Gasteiger charge is 2.20. The fourth-order valence-electron chi connectivity index (χ4n) is 1.05. The van der Waals surface area contributed by atoms with Gasteiger partial charge in [0.25, 0.3) is 0 Å². The first kappa shape index (κ1) is 16.8. The molecule has 9 N–H and O–H groups in total. The predicted octanol–water partition coefficient (Wildman–Crippen LogP) is -4.89. The number of rotatable bonds is 8. The monoisotopic (exact) mass is 274 g/mol. The maximum Gasteiger partial charge on any atom is 0.244 e. The van der Waals surface area contributed by atoms with Gasteiger partial charge in [-0.15, -0.1) is 0 Å². The second kappa shape index (κ2) is 8.83. The Balaban J connectivity index is 4.46. The van der Waals surface area contributed by atoms with Crippen LogP contribution in [0.3, 0.4) is 0 Å². The van der Waals surface area contributed by atoms with Crippen LogP contribution in [-0.2, 0) is 19.2 Å². The van der Waals surface area contributed by atoms with E-state index in [0.29, 0.717) is 0 Å². The average Bonchev–Trinajstić information content (AvgIpc) is 2.39. The highest BCUT2D eigenvalue weighted by molar-refractivity contribution is 5.91. The van der Waals surface area contributed by atoms with Gasteiger partial charge in [0.2, 0.25) is 23.6 Å². The largest absolute Gasteiger partial charge is 0.368 e. The third-order valence-electron chi connectivity index (χ3n) is 1.96. The van der Waals surface area contributed by atoms with E-state index in [1.807, 2.05) is 0 Å². The number of carbonyl (C=O) groups excluding carboxylic acids is 4. The van der Waals surface area contributed by atoms with E-state index >= 15 is 0 Å². The summed E-state index contributed by atoms with van der Waals surface area (Å²) in [5.74, 6) is -2.47. The molecule has 0 aliphatic carbocycles. The maximum absolute atomic E-state index is 11.6. The van der Waals surface area contributed by atoms with Gasteiger partial charge in [-0.1, -0.05) is 0 Å². The molecular formula is C9H18N6O4. The third-order valence-corrected chi connectivity index (χ3v) is 1.96. The average molecular weight is 274 g/mol. The van der Waals surface area contributed by atoms with E-state index in [4.69, 9.17) is 17.2 Å². The number of nitrogens with two attached hydrogens (primary N) is 3. The molecule has 1 atom stereocenters. The summed E-state index contributed by atoms with van der Waals surface area (Å²) in [5.41, 5.74) is 15.0. The Hall–Kier alpha value is -2.20. The van der Waals surface area contributed by atoms with Gasteiger partial charge in [-0.05, 0) is 0 Å². The molecule has 0 saturated carbocycles. The molecule has 0 aliphatic rings. The minimum absolute atomic E-state index is 0.174. The summed E-state index contributed by atoms with van der Waals surface area (Å²) >= 11 is 0. The molecule has 19 heavy (non-hydrogen) atoms. The third kappa shape index (κ3) is 7.68. The fraction of sp³-hybridized carbons (Fsp3) is 0.556. The van der Waals surface area contributed by atoms with Crippen LogP contribution >= 0.6 is 0 Å². The zero-order valence-electron chi connectivity index (χ0n) is 10.3. The summed E-state index contributed by atoms with van der Waals surface area (Å²) < 4.78 is 0. The van der Waals surface area contributed by atoms with E-state index in [2.05, 4.69) is 16.0 Å². The number of nitrogens with one attached hydrogen (secondary N) is 3. The number of carbonyl (C=O) groups is 4. The lowest BCUT2D eigenvalue weighted by Crippen LogP contribution is -2.55. The summed E-state index contributed by atoms with van der Waals surface area (Å²) in [4.78, 5) is 44.3. The van der Waals surface area contributed by atoms with Crippen LogP contribution < -0.4 is 33.2 Å². The molecule has 0 unspecified atom stereocenters. The van der Waals surface area contributed by atoms with Crippen molar-refractivity contribution >= 4 is 23.6 Å². The van der Waals surface area contributed by atoms with Crippen molar-refractivity contribution in [2.24, 2.45) is 17.2 Å². The predicted molar refractivity (Wildman–Crippen MR) is 65.3 cm³/mol. The molecule has 0 saturated heterocycles. The topological polar surface area (TPSA) is 182 Å². The Bertz CT molecular complexity index is 359. The Morgan fingerprint density at radius 2 is 1.53 bits per heavy atom. The zero-order chi connectivity index (χ0) is 14.8. The van der Waals surface area contributed by atoms with Crippen molar-refractivity contribution in [2.75, 3.05) is 26.2 Å². The Morgan fingerprint density at radius 1 is 0.947 bits per heavy atom. The van der Waals surface area contributed by atoms with Crippen LogP contribution in [0.15, 0.2) is 0 Å². The van der Waals surface area contributed by atoms with Crippen LogP contribution in [0, 0.1) is 0 Å². The minimum Gasteiger partial charge on any atom is -0.368 e. The van der Waals surface area contributed by atoms with Crippen molar-refractivity contribution in [1.29, 1.82) is 0 Å². The van der Waals surface area contributed by atoms with Gasteiger partial charge in [-0.2, -0.15) is 0 Å². The molecule has 0 aromatic rings. The normalized spacial score (nSPS) is 11.3. The lowest BCUT2D eigenvalue weighted by molar-refractivity contribution is -0.130. The molecule has 0 aromatic heterocycles. The molecule has 0 heterocycles. The van der Waals surface area contributed by atoms with Crippen molar-refractivity contribution in [3.05, 3.63) is 0 Å². The van der Waals surface area contributed by atoms with Crippen LogP contribution in [0.25, 0.3) is 0 Å². The number of hydrogen-bond acceptors (Lipinski definition) is 6. The Labute approximate surface area is 109 Å². The SMILES string of the molecule is NCC(=O)NC[C@H](NC(=O)CN)C(=O)NCC(N)=O. The first-order valence-electron chi connectivity index (χ1n) is 5.43. The van der Waals surface area contributed by atoms with Gasteiger partial charge in [-0.25, -0.2) is 0 Å². The van der Waals surface area contributed by atoms with Crippen molar-refractivity contribution in [2.45, 2.75) is 6.04 Å². The van der Waals surface area contributed by atoms with Crippen molar-refractivity contribution < 1.29 is 19.2 Å². The van der Waals surface area contributed by atoms with E-state index in [-0.39, 0.29) is 26.2 Å². The summed E-state index contributed by atoms with van der Waals surface area (Å²) in [5, 5.41) is 6.82. The van der Waals surface area contributed by atoms with Gasteiger partial charge in [0.1, 0.15) is 6.04 Å². The van der Waals surface area contributed by atoms with Crippen molar-refractivity contribution in [1.82, 2.24) is 16.0 Å². The Kier molecular flexibility index (Phi) is 7.81. The van der Waals surface area contributed by atoms with Crippen LogP contribution in [0.2, 0.25) is 0 Å². The van der Waals surface area contributed by atoms with E-state index in [1.165, 1.54) is 0 Å². The maximum atomic E-state index is 11.6. The summed E-state index contributed by atoms with van der Waals surface area (Å²) in [6.07, 6.45) is 0. The van der Waals surface area contributed by atoms with Gasteiger partial charge in [0, 0.05) is 6.54 Å². The van der Waals surface area contributed by atoms with Crippen molar-refractivity contribution in [3.8, 4) is 0 Å². The van der Waals surface area contributed by atoms with Crippen molar-refractivity contribution in [3.63, 3.8) is 0 Å². The highest BCUT2D eigenvalue weighted by Crippen LogP contribution is 1.84. The second-order valence-electron chi connectivity index (χ2n) is 3.52. The molecule has 0 spiro atoms. The van der Waals surface area contributed by atoms with E-state index in [1.54, 1.807) is 0 Å². The summed E-state index contributed by atoms with van der Waals surface area (Å²) in [6, 6.07) is -1.06. The molecule has 10 nitrogen and oxygen atoms in total. The lowest BCUT2D eigenvalue weighted by atomic mass is 10.2. The number of primary amides is 1. The molecule has 0 bridgehead atoms. The smallest absolute Gasteiger partial charge is 0.244 e. The van der Waals surface area contributed by atoms with Crippen LogP contribution in [0.4, 0.5) is 0 Å². The zero-order valence-corrected chi connectivity index (χ0v) is 10.3. The highest BCUT2D eigenvalue weighted by atomic mass is 16.2. The lowest BCUT2D eigenvalue weighted by Gasteiger charge is -2.18. The fourth-order valence-corrected chi connectivity index (χ4v) is 1.05. The molecule has 0 aromatic carbocycles. The van der Waals surface area contributed by atoms with Crippen LogP contribution in [-0.4, -0.2) is 55.8 Å². The van der Waals surface area contributed by atoms with Crippen LogP contribution in [0.1, 0.15) is 0 Å². The van der Waals surface area contributed by atoms with Gasteiger partial charge in [0.15, 0.2) is 0 Å². The molecule has 0 rings (SSSR count). The van der Waals surface area contributed by atoms with Gasteiger partial charge in [-0.3, -0.25) is 19.2 Å². The first-order chi connectivity index (χ1) is 8.90. The molecule has 4 amide bonds. The second-order valence-corrected chi connectivity index (χ2v) is 3.52. The van der Waals surface area contributed by atoms with Gasteiger partial charge in [0.05, 0.1) is 19.6 Å². The van der Waals surface area contributed by atoms with Crippen LogP contribution in [0.5, 0.6) is 0 Å². The van der Waals surface area contributed by atoms with E-state index < -0.39 is 29.7 Å². The molecule has 108 valence electrons. The molecule has 10 heteroatoms. The van der Waals surface area contributed by atoms with Gasteiger partial charge >= 0.3 is 0 Å². The first-order valence-corrected chi connectivity index (χ1v) is 5.43. The quantitative estimate of drug-likeness (QED) is 0.258. The minimum atomic E-state index is -1.06. The van der Waals surface area contributed by atoms with E-state index in [0.717, 1.165) is 0 Å². The molecule has 0 aliphatic heterocycles. The standard InChI is InChI=1S/C9H18N6O4/c10-1-7(17)13-3-5(15-8(18)2-11)9(19)14-4-6(12)16/h5H,1-4,10-11H2,(H2,12,16)(H,13,17)(H,14,19)(H,15,18)/t5-/m0/s1. The molecular weight excluding hydrogens is 256 g/mol. The Morgan fingerprint density at radius 3 is 2.00 bits per heavy atom. The summed E-state index contributed by atoms with van der Waals surface area (Å²) in [6.45, 7) is -1.12. The van der Waals surface area contributed by atoms with Gasteiger partial charge < -0.3 is 33.2 Å². The molecule has 0 radical (unpaired) electrons. The molecule has 0 fully saturated rings. The summed E-state index contributed by atoms with van der Waals surface area (Å²) in [7, 11) is 0.